The molecular formula is C13H19N3O3. The first-order chi connectivity index (χ1) is 9.17. The highest BCUT2D eigenvalue weighted by molar-refractivity contribution is 5.92. The van der Waals surface area contributed by atoms with Gasteiger partial charge in [-0.25, -0.2) is 0 Å². The van der Waals surface area contributed by atoms with Gasteiger partial charge < -0.3 is 19.5 Å². The van der Waals surface area contributed by atoms with E-state index in [0.717, 1.165) is 31.7 Å². The molecule has 19 heavy (non-hydrogen) atoms. The number of hydrogen-bond donors (Lipinski definition) is 1. The first-order valence-corrected chi connectivity index (χ1v) is 6.66. The standard InChI is InChI=1S/C13H19N3O3/c1-16-6-10(12(7-16)18-2)14-13(17)9-5-11(19-15-9)8-3-4-8/h5,8,10,12H,3-4,6-7H2,1-2H3,(H,14,17)/t10-,12+/m0/s1. The van der Waals surface area contributed by atoms with Crippen LogP contribution in [0.2, 0.25) is 0 Å². The fourth-order valence-electron chi connectivity index (χ4n) is 2.54. The zero-order valence-corrected chi connectivity index (χ0v) is 11.3. The molecule has 1 amide bonds. The van der Waals surface area contributed by atoms with Gasteiger partial charge in [0.25, 0.3) is 5.91 Å². The lowest BCUT2D eigenvalue weighted by atomic mass is 10.2. The Bertz CT molecular complexity index is 469. The van der Waals surface area contributed by atoms with Crippen molar-refractivity contribution in [3.8, 4) is 0 Å². The minimum atomic E-state index is -0.182. The van der Waals surface area contributed by atoms with Crippen LogP contribution in [0.3, 0.4) is 0 Å². The number of likely N-dealkylation sites (N-methyl/N-ethyl adjacent to an activating group) is 1. The van der Waals surface area contributed by atoms with E-state index in [1.165, 1.54) is 0 Å². The quantitative estimate of drug-likeness (QED) is 0.864. The third-order valence-corrected chi connectivity index (χ3v) is 3.81. The number of likely N-dealkylation sites (tertiary alicyclic amines) is 1. The summed E-state index contributed by atoms with van der Waals surface area (Å²) in [6, 6.07) is 1.76. The van der Waals surface area contributed by atoms with Gasteiger partial charge >= 0.3 is 0 Å². The predicted molar refractivity (Wildman–Crippen MR) is 68.0 cm³/mol. The van der Waals surface area contributed by atoms with E-state index in [0.29, 0.717) is 11.6 Å². The lowest BCUT2D eigenvalue weighted by molar-refractivity contribution is 0.0760. The third-order valence-electron chi connectivity index (χ3n) is 3.81. The van der Waals surface area contributed by atoms with Gasteiger partial charge in [0, 0.05) is 32.2 Å². The van der Waals surface area contributed by atoms with Gasteiger partial charge in [-0.3, -0.25) is 4.79 Å². The molecule has 6 nitrogen and oxygen atoms in total. The van der Waals surface area contributed by atoms with Gasteiger partial charge in [0.05, 0.1) is 12.1 Å². The molecule has 1 aromatic rings. The minimum absolute atomic E-state index is 0.00331. The van der Waals surface area contributed by atoms with E-state index in [9.17, 15) is 4.79 Å². The molecule has 2 heterocycles. The molecule has 0 spiro atoms. The lowest BCUT2D eigenvalue weighted by Crippen LogP contribution is -2.43. The van der Waals surface area contributed by atoms with Gasteiger partial charge in [-0.2, -0.15) is 0 Å². The molecule has 3 rings (SSSR count). The van der Waals surface area contributed by atoms with E-state index in [4.69, 9.17) is 9.26 Å². The van der Waals surface area contributed by atoms with Gasteiger partial charge in [-0.15, -0.1) is 0 Å². The molecule has 1 N–H and O–H groups in total. The van der Waals surface area contributed by atoms with Gasteiger partial charge in [0.1, 0.15) is 5.76 Å². The van der Waals surface area contributed by atoms with Gasteiger partial charge in [0.15, 0.2) is 5.69 Å². The number of methoxy groups -OCH3 is 1. The fourth-order valence-corrected chi connectivity index (χ4v) is 2.54. The summed E-state index contributed by atoms with van der Waals surface area (Å²) in [5, 5.41) is 6.82. The Hall–Kier alpha value is -1.40. The van der Waals surface area contributed by atoms with Crippen molar-refractivity contribution in [2.24, 2.45) is 0 Å². The average molecular weight is 265 g/mol. The number of hydrogen-bond acceptors (Lipinski definition) is 5. The van der Waals surface area contributed by atoms with Crippen molar-refractivity contribution >= 4 is 5.91 Å². The number of carbonyl (C=O) groups is 1. The molecule has 0 bridgehead atoms. The van der Waals surface area contributed by atoms with E-state index in [2.05, 4.69) is 15.4 Å². The molecule has 1 aromatic heterocycles. The Balaban J connectivity index is 1.63. The number of rotatable bonds is 4. The highest BCUT2D eigenvalue weighted by atomic mass is 16.5. The number of aromatic nitrogens is 1. The summed E-state index contributed by atoms with van der Waals surface area (Å²) in [7, 11) is 3.68. The van der Waals surface area contributed by atoms with Crippen molar-refractivity contribution < 1.29 is 14.1 Å². The summed E-state index contributed by atoms with van der Waals surface area (Å²) in [4.78, 5) is 14.3. The highest BCUT2D eigenvalue weighted by Gasteiger charge is 2.33. The predicted octanol–water partition coefficient (Wildman–Crippen LogP) is 0.611. The Morgan fingerprint density at radius 1 is 1.53 bits per heavy atom. The number of amides is 1. The molecule has 1 aliphatic heterocycles. The van der Waals surface area contributed by atoms with Crippen LogP contribution in [0.1, 0.15) is 35.0 Å². The van der Waals surface area contributed by atoms with Crippen molar-refractivity contribution in [2.75, 3.05) is 27.2 Å². The number of ether oxygens (including phenoxy) is 1. The molecule has 1 saturated carbocycles. The number of nitrogens with zero attached hydrogens (tertiary/aromatic N) is 2. The van der Waals surface area contributed by atoms with Crippen LogP contribution in [0.4, 0.5) is 0 Å². The Labute approximate surface area is 112 Å². The van der Waals surface area contributed by atoms with Gasteiger partial charge in [-0.1, -0.05) is 5.16 Å². The third kappa shape index (κ3) is 2.64. The van der Waals surface area contributed by atoms with Crippen LogP contribution in [-0.2, 0) is 4.74 Å². The van der Waals surface area contributed by atoms with Crippen LogP contribution < -0.4 is 5.32 Å². The maximum Gasteiger partial charge on any atom is 0.273 e. The fraction of sp³-hybridized carbons (Fsp3) is 0.692. The second-order valence-electron chi connectivity index (χ2n) is 5.46. The summed E-state index contributed by atoms with van der Waals surface area (Å²) in [6.07, 6.45) is 2.30. The maximum absolute atomic E-state index is 12.1. The Kier molecular flexibility index (Phi) is 3.28. The first kappa shape index (κ1) is 12.6. The van der Waals surface area contributed by atoms with E-state index in [-0.39, 0.29) is 18.1 Å². The van der Waals surface area contributed by atoms with E-state index in [1.54, 1.807) is 13.2 Å². The van der Waals surface area contributed by atoms with Crippen molar-refractivity contribution in [1.82, 2.24) is 15.4 Å². The number of carbonyl (C=O) groups excluding carboxylic acids is 1. The molecule has 2 aliphatic rings. The number of nitrogens with one attached hydrogen (secondary N) is 1. The molecule has 1 aliphatic carbocycles. The van der Waals surface area contributed by atoms with Gasteiger partial charge in [-0.05, 0) is 19.9 Å². The van der Waals surface area contributed by atoms with Crippen LogP contribution in [-0.4, -0.2) is 55.4 Å². The maximum atomic E-state index is 12.1. The smallest absolute Gasteiger partial charge is 0.273 e. The van der Waals surface area contributed by atoms with E-state index >= 15 is 0 Å². The normalized spacial score (nSPS) is 27.7. The van der Waals surface area contributed by atoms with Crippen LogP contribution in [0, 0.1) is 0 Å². The second-order valence-corrected chi connectivity index (χ2v) is 5.46. The van der Waals surface area contributed by atoms with E-state index in [1.807, 2.05) is 7.05 Å². The zero-order chi connectivity index (χ0) is 13.4. The largest absolute Gasteiger partial charge is 0.378 e. The summed E-state index contributed by atoms with van der Waals surface area (Å²) in [6.45, 7) is 1.62. The molecule has 1 saturated heterocycles. The zero-order valence-electron chi connectivity index (χ0n) is 11.3. The second kappa shape index (κ2) is 4.94. The topological polar surface area (TPSA) is 67.6 Å². The lowest BCUT2D eigenvalue weighted by Gasteiger charge is -2.17. The minimum Gasteiger partial charge on any atom is -0.378 e. The van der Waals surface area contributed by atoms with Crippen LogP contribution in [0.5, 0.6) is 0 Å². The van der Waals surface area contributed by atoms with Crippen molar-refractivity contribution in [2.45, 2.75) is 30.9 Å². The van der Waals surface area contributed by atoms with Crippen LogP contribution >= 0.6 is 0 Å². The Morgan fingerprint density at radius 2 is 2.32 bits per heavy atom. The molecule has 104 valence electrons. The van der Waals surface area contributed by atoms with Crippen molar-refractivity contribution in [3.63, 3.8) is 0 Å². The monoisotopic (exact) mass is 265 g/mol. The molecule has 2 fully saturated rings. The molecule has 0 radical (unpaired) electrons. The molecule has 0 aromatic carbocycles. The van der Waals surface area contributed by atoms with Gasteiger partial charge in [0.2, 0.25) is 0 Å². The molecule has 6 heteroatoms. The first-order valence-electron chi connectivity index (χ1n) is 6.66. The summed E-state index contributed by atoms with van der Waals surface area (Å²) in [5.41, 5.74) is 0.367. The van der Waals surface area contributed by atoms with E-state index < -0.39 is 0 Å². The molecule has 2 atom stereocenters. The Morgan fingerprint density at radius 3 is 3.00 bits per heavy atom. The van der Waals surface area contributed by atoms with Crippen molar-refractivity contribution in [3.05, 3.63) is 17.5 Å². The summed E-state index contributed by atoms with van der Waals surface area (Å²) < 4.78 is 10.6. The summed E-state index contributed by atoms with van der Waals surface area (Å²) >= 11 is 0. The molecule has 0 unspecified atom stereocenters. The highest BCUT2D eigenvalue weighted by Crippen LogP contribution is 2.40. The SMILES string of the molecule is CO[C@@H]1CN(C)C[C@@H]1NC(=O)c1cc(C2CC2)on1. The van der Waals surface area contributed by atoms with Crippen molar-refractivity contribution in [1.29, 1.82) is 0 Å². The average Bonchev–Trinajstić information content (AvgIpc) is 3.00. The van der Waals surface area contributed by atoms with Crippen LogP contribution in [0.15, 0.2) is 10.6 Å². The molecular weight excluding hydrogens is 246 g/mol. The summed E-state index contributed by atoms with van der Waals surface area (Å²) in [5.74, 6) is 1.12. The van der Waals surface area contributed by atoms with Crippen LogP contribution in [0.25, 0.3) is 0 Å².